The summed E-state index contributed by atoms with van der Waals surface area (Å²) >= 11 is 0. The summed E-state index contributed by atoms with van der Waals surface area (Å²) in [5.41, 5.74) is 3.73. The van der Waals surface area contributed by atoms with Crippen molar-refractivity contribution >= 4 is 5.91 Å². The van der Waals surface area contributed by atoms with Crippen LogP contribution in [0.5, 0.6) is 5.75 Å². The Bertz CT molecular complexity index is 819. The first kappa shape index (κ1) is 17.0. The summed E-state index contributed by atoms with van der Waals surface area (Å²) in [5.74, 6) is 0.795. The van der Waals surface area contributed by atoms with Crippen molar-refractivity contribution in [3.63, 3.8) is 0 Å². The first-order chi connectivity index (χ1) is 12.1. The van der Waals surface area contributed by atoms with Crippen LogP contribution in [0.4, 0.5) is 0 Å². The number of carbonyl (C=O) groups excluding carboxylic acids is 1. The van der Waals surface area contributed by atoms with Gasteiger partial charge in [0.1, 0.15) is 12.4 Å². The molecule has 130 valence electrons. The first-order valence-corrected chi connectivity index (χ1v) is 8.54. The molecule has 0 saturated carbocycles. The highest BCUT2D eigenvalue weighted by Crippen LogP contribution is 2.28. The van der Waals surface area contributed by atoms with Gasteiger partial charge < -0.3 is 10.1 Å². The smallest absolute Gasteiger partial charge is 0.220 e. The molecule has 6 heteroatoms. The van der Waals surface area contributed by atoms with Crippen LogP contribution in [0.3, 0.4) is 0 Å². The third-order valence-electron chi connectivity index (χ3n) is 4.55. The molecule has 1 unspecified atom stereocenters. The number of hydrogen-bond donors (Lipinski definition) is 1. The number of benzene rings is 1. The summed E-state index contributed by atoms with van der Waals surface area (Å²) in [6.07, 6.45) is 2.48. The molecule has 1 saturated heterocycles. The van der Waals surface area contributed by atoms with E-state index in [1.165, 1.54) is 0 Å². The number of amides is 1. The fourth-order valence-electron chi connectivity index (χ4n) is 3.36. The standard InChI is InChI=1S/C19H22N4O2/c1-13-19(17-7-4-8-18(24)21-17)14(2)23(22-13)9-10-25-16-6-3-5-15(11-16)12-20/h3,5-6,11,17H,4,7-10H2,1-2H3,(H,21,24). The number of nitrogens with zero attached hydrogens (tertiary/aromatic N) is 3. The minimum atomic E-state index is 0.0585. The molecule has 1 fully saturated rings. The molecule has 1 aliphatic heterocycles. The maximum absolute atomic E-state index is 11.7. The molecule has 0 spiro atoms. The lowest BCUT2D eigenvalue weighted by atomic mass is 9.96. The highest BCUT2D eigenvalue weighted by molar-refractivity contribution is 5.77. The van der Waals surface area contributed by atoms with Crippen LogP contribution in [-0.2, 0) is 11.3 Å². The van der Waals surface area contributed by atoms with Gasteiger partial charge in [-0.05, 0) is 44.9 Å². The number of piperidine rings is 1. The molecule has 6 nitrogen and oxygen atoms in total. The van der Waals surface area contributed by atoms with Gasteiger partial charge in [0, 0.05) is 17.7 Å². The van der Waals surface area contributed by atoms with Crippen molar-refractivity contribution in [1.82, 2.24) is 15.1 Å². The van der Waals surface area contributed by atoms with Gasteiger partial charge in [0.25, 0.3) is 0 Å². The fourth-order valence-corrected chi connectivity index (χ4v) is 3.36. The number of aromatic nitrogens is 2. The van der Waals surface area contributed by atoms with Crippen molar-refractivity contribution in [1.29, 1.82) is 5.26 Å². The van der Waals surface area contributed by atoms with Crippen molar-refractivity contribution in [2.24, 2.45) is 0 Å². The van der Waals surface area contributed by atoms with E-state index in [0.717, 1.165) is 29.8 Å². The highest BCUT2D eigenvalue weighted by atomic mass is 16.5. The predicted octanol–water partition coefficient (Wildman–Crippen LogP) is 2.79. The summed E-state index contributed by atoms with van der Waals surface area (Å²) in [4.78, 5) is 11.7. The van der Waals surface area contributed by atoms with Crippen molar-refractivity contribution in [3.05, 3.63) is 46.8 Å². The molecule has 1 aromatic heterocycles. The minimum Gasteiger partial charge on any atom is -0.492 e. The minimum absolute atomic E-state index is 0.0585. The number of hydrogen-bond acceptors (Lipinski definition) is 4. The van der Waals surface area contributed by atoms with Crippen LogP contribution in [0.25, 0.3) is 0 Å². The number of rotatable bonds is 5. The van der Waals surface area contributed by atoms with E-state index >= 15 is 0 Å². The maximum atomic E-state index is 11.7. The zero-order valence-corrected chi connectivity index (χ0v) is 14.6. The van der Waals surface area contributed by atoms with Crippen molar-refractivity contribution in [2.45, 2.75) is 45.7 Å². The topological polar surface area (TPSA) is 79.9 Å². The molecular weight excluding hydrogens is 316 g/mol. The average molecular weight is 338 g/mol. The molecule has 0 aliphatic carbocycles. The average Bonchev–Trinajstić information content (AvgIpc) is 2.89. The van der Waals surface area contributed by atoms with Gasteiger partial charge >= 0.3 is 0 Å². The first-order valence-electron chi connectivity index (χ1n) is 8.54. The lowest BCUT2D eigenvalue weighted by Gasteiger charge is -2.23. The predicted molar refractivity (Wildman–Crippen MR) is 93.1 cm³/mol. The Hall–Kier alpha value is -2.81. The van der Waals surface area contributed by atoms with Crippen molar-refractivity contribution < 1.29 is 9.53 Å². The Labute approximate surface area is 147 Å². The number of aryl methyl sites for hydroxylation is 1. The fraction of sp³-hybridized carbons (Fsp3) is 0.421. The lowest BCUT2D eigenvalue weighted by Crippen LogP contribution is -2.33. The van der Waals surface area contributed by atoms with Gasteiger partial charge in [-0.1, -0.05) is 6.07 Å². The van der Waals surface area contributed by atoms with Gasteiger partial charge in [-0.15, -0.1) is 0 Å². The highest BCUT2D eigenvalue weighted by Gasteiger charge is 2.25. The van der Waals surface area contributed by atoms with E-state index in [1.54, 1.807) is 18.2 Å². The molecule has 0 bridgehead atoms. The second kappa shape index (κ2) is 7.39. The molecule has 1 amide bonds. The number of nitriles is 1. The zero-order chi connectivity index (χ0) is 17.8. The van der Waals surface area contributed by atoms with Crippen LogP contribution in [0.2, 0.25) is 0 Å². The lowest BCUT2D eigenvalue weighted by molar-refractivity contribution is -0.123. The summed E-state index contributed by atoms with van der Waals surface area (Å²) in [5, 5.41) is 16.6. The van der Waals surface area contributed by atoms with E-state index in [2.05, 4.69) is 16.5 Å². The molecule has 1 aliphatic rings. The maximum Gasteiger partial charge on any atom is 0.220 e. The Morgan fingerprint density at radius 2 is 2.28 bits per heavy atom. The van der Waals surface area contributed by atoms with Gasteiger partial charge in [0.2, 0.25) is 5.91 Å². The van der Waals surface area contributed by atoms with Gasteiger partial charge in [-0.25, -0.2) is 0 Å². The van der Waals surface area contributed by atoms with E-state index in [0.29, 0.717) is 30.9 Å². The zero-order valence-electron chi connectivity index (χ0n) is 14.6. The van der Waals surface area contributed by atoms with Crippen LogP contribution in [0.1, 0.15) is 47.8 Å². The Morgan fingerprint density at radius 1 is 1.44 bits per heavy atom. The van der Waals surface area contributed by atoms with Gasteiger partial charge in [-0.3, -0.25) is 9.48 Å². The second-order valence-corrected chi connectivity index (χ2v) is 6.31. The van der Waals surface area contributed by atoms with E-state index in [4.69, 9.17) is 10.00 Å². The molecule has 25 heavy (non-hydrogen) atoms. The van der Waals surface area contributed by atoms with E-state index < -0.39 is 0 Å². The largest absolute Gasteiger partial charge is 0.492 e. The summed E-state index contributed by atoms with van der Waals surface area (Å²) in [7, 11) is 0. The molecule has 1 atom stereocenters. The molecule has 1 N–H and O–H groups in total. The molecular formula is C19H22N4O2. The van der Waals surface area contributed by atoms with E-state index in [9.17, 15) is 4.79 Å². The molecule has 2 heterocycles. The van der Waals surface area contributed by atoms with Crippen LogP contribution in [0.15, 0.2) is 24.3 Å². The Balaban J connectivity index is 1.66. The molecule has 2 aromatic rings. The molecule has 0 radical (unpaired) electrons. The van der Waals surface area contributed by atoms with E-state index in [1.807, 2.05) is 24.6 Å². The third-order valence-corrected chi connectivity index (χ3v) is 4.55. The van der Waals surface area contributed by atoms with Crippen LogP contribution < -0.4 is 10.1 Å². The second-order valence-electron chi connectivity index (χ2n) is 6.31. The van der Waals surface area contributed by atoms with Crippen LogP contribution in [0, 0.1) is 25.2 Å². The summed E-state index contributed by atoms with van der Waals surface area (Å²) < 4.78 is 7.67. The van der Waals surface area contributed by atoms with Crippen molar-refractivity contribution in [2.75, 3.05) is 6.61 Å². The number of nitrogens with one attached hydrogen (secondary N) is 1. The van der Waals surface area contributed by atoms with Crippen LogP contribution in [-0.4, -0.2) is 22.3 Å². The van der Waals surface area contributed by atoms with Gasteiger partial charge in [-0.2, -0.15) is 10.4 Å². The van der Waals surface area contributed by atoms with Crippen molar-refractivity contribution in [3.8, 4) is 11.8 Å². The van der Waals surface area contributed by atoms with Gasteiger partial charge in [0.05, 0.1) is 29.9 Å². The summed E-state index contributed by atoms with van der Waals surface area (Å²) in [6.45, 7) is 5.10. The Morgan fingerprint density at radius 3 is 3.04 bits per heavy atom. The normalized spacial score (nSPS) is 17.0. The SMILES string of the molecule is Cc1nn(CCOc2cccc(C#N)c2)c(C)c1C1CCCC(=O)N1. The number of ether oxygens (including phenoxy) is 1. The Kier molecular flexibility index (Phi) is 5.03. The quantitative estimate of drug-likeness (QED) is 0.909. The monoisotopic (exact) mass is 338 g/mol. The van der Waals surface area contributed by atoms with Gasteiger partial charge in [0.15, 0.2) is 0 Å². The van der Waals surface area contributed by atoms with Crippen LogP contribution >= 0.6 is 0 Å². The molecule has 1 aromatic carbocycles. The van der Waals surface area contributed by atoms with E-state index in [-0.39, 0.29) is 11.9 Å². The third kappa shape index (κ3) is 3.82. The summed E-state index contributed by atoms with van der Waals surface area (Å²) in [6, 6.07) is 9.28. The number of carbonyl (C=O) groups is 1. The molecule has 3 rings (SSSR count).